The molecule has 0 fully saturated rings. The van der Waals surface area contributed by atoms with Crippen LogP contribution in [0, 0.1) is 17.0 Å². The summed E-state index contributed by atoms with van der Waals surface area (Å²) in [5.74, 6) is -0.654. The van der Waals surface area contributed by atoms with Crippen molar-refractivity contribution < 1.29 is 9.72 Å². The average Bonchev–Trinajstić information content (AvgIpc) is 2.27. The van der Waals surface area contributed by atoms with Crippen molar-refractivity contribution >= 4 is 5.78 Å². The summed E-state index contributed by atoms with van der Waals surface area (Å²) in [6, 6.07) is 7.36. The summed E-state index contributed by atoms with van der Waals surface area (Å²) in [6.07, 6.45) is 1.12. The number of hydrogen-bond acceptors (Lipinski definition) is 3. The van der Waals surface area contributed by atoms with Crippen LogP contribution in [-0.2, 0) is 4.79 Å². The quantitative estimate of drug-likeness (QED) is 0.562. The van der Waals surface area contributed by atoms with E-state index in [1.807, 2.05) is 26.0 Å². The van der Waals surface area contributed by atoms with Gasteiger partial charge >= 0.3 is 0 Å². The molecule has 0 aliphatic rings. The highest BCUT2D eigenvalue weighted by atomic mass is 16.6. The van der Waals surface area contributed by atoms with E-state index >= 15 is 0 Å². The maximum Gasteiger partial charge on any atom is 0.217 e. The van der Waals surface area contributed by atoms with Crippen molar-refractivity contribution in [1.82, 2.24) is 0 Å². The molecule has 1 rings (SSSR count). The number of Topliss-reactive ketones (excluding diaryl/α,β-unsaturated/α-hetero) is 1. The van der Waals surface area contributed by atoms with E-state index in [1.165, 1.54) is 0 Å². The van der Waals surface area contributed by atoms with Crippen molar-refractivity contribution in [2.24, 2.45) is 0 Å². The second kappa shape index (κ2) is 6.13. The maximum atomic E-state index is 11.9. The standard InChI is InChI=1S/C13H17NO3/c1-3-4-13(15)12(9-14(16)17)11-7-5-10(2)6-8-11/h5-8,12H,3-4,9H2,1-2H3/t12-/m0/s1. The van der Waals surface area contributed by atoms with Crippen LogP contribution in [0.1, 0.15) is 36.8 Å². The topological polar surface area (TPSA) is 60.2 Å². The first-order valence-electron chi connectivity index (χ1n) is 5.75. The van der Waals surface area contributed by atoms with Crippen molar-refractivity contribution in [3.63, 3.8) is 0 Å². The van der Waals surface area contributed by atoms with Gasteiger partial charge in [-0.2, -0.15) is 0 Å². The first kappa shape index (κ1) is 13.4. The lowest BCUT2D eigenvalue weighted by Crippen LogP contribution is -2.21. The molecule has 0 aromatic heterocycles. The lowest BCUT2D eigenvalue weighted by molar-refractivity contribution is -0.481. The molecule has 0 aliphatic carbocycles. The molecule has 1 atom stereocenters. The number of nitrogens with zero attached hydrogens (tertiary/aromatic N) is 1. The summed E-state index contributed by atoms with van der Waals surface area (Å²) in [5, 5.41) is 10.6. The molecule has 92 valence electrons. The molecular weight excluding hydrogens is 218 g/mol. The van der Waals surface area contributed by atoms with Crippen molar-refractivity contribution in [1.29, 1.82) is 0 Å². The SMILES string of the molecule is CCCC(=O)[C@@H](C[N+](=O)[O-])c1ccc(C)cc1. The van der Waals surface area contributed by atoms with E-state index < -0.39 is 10.8 Å². The van der Waals surface area contributed by atoms with Crippen LogP contribution in [-0.4, -0.2) is 17.3 Å². The van der Waals surface area contributed by atoms with Crippen LogP contribution in [0.15, 0.2) is 24.3 Å². The van der Waals surface area contributed by atoms with E-state index in [0.29, 0.717) is 6.42 Å². The third-order valence-corrected chi connectivity index (χ3v) is 2.70. The number of carbonyl (C=O) groups is 1. The molecule has 0 aliphatic heterocycles. The Morgan fingerprint density at radius 1 is 1.35 bits per heavy atom. The van der Waals surface area contributed by atoms with E-state index in [0.717, 1.165) is 17.5 Å². The van der Waals surface area contributed by atoms with Crippen molar-refractivity contribution in [2.45, 2.75) is 32.6 Å². The number of aryl methyl sites for hydroxylation is 1. The largest absolute Gasteiger partial charge is 0.299 e. The van der Waals surface area contributed by atoms with E-state index in [1.54, 1.807) is 12.1 Å². The Bertz CT molecular complexity index is 398. The molecule has 0 unspecified atom stereocenters. The molecule has 0 bridgehead atoms. The van der Waals surface area contributed by atoms with E-state index in [-0.39, 0.29) is 12.3 Å². The van der Waals surface area contributed by atoms with Gasteiger partial charge in [-0.1, -0.05) is 36.8 Å². The maximum absolute atomic E-state index is 11.9. The highest BCUT2D eigenvalue weighted by molar-refractivity contribution is 5.85. The fourth-order valence-electron chi connectivity index (χ4n) is 1.76. The summed E-state index contributed by atoms with van der Waals surface area (Å²) >= 11 is 0. The van der Waals surface area contributed by atoms with Gasteiger partial charge in [0.05, 0.1) is 0 Å². The van der Waals surface area contributed by atoms with E-state index in [9.17, 15) is 14.9 Å². The van der Waals surface area contributed by atoms with Crippen molar-refractivity contribution in [2.75, 3.05) is 6.54 Å². The summed E-state index contributed by atoms with van der Waals surface area (Å²) in [5.41, 5.74) is 1.82. The molecule has 0 saturated carbocycles. The first-order chi connectivity index (χ1) is 8.04. The van der Waals surface area contributed by atoms with Crippen molar-refractivity contribution in [3.05, 3.63) is 45.5 Å². The van der Waals surface area contributed by atoms with Gasteiger partial charge in [0.15, 0.2) is 0 Å². The van der Waals surface area contributed by atoms with Gasteiger partial charge in [0.2, 0.25) is 6.54 Å². The molecular formula is C13H17NO3. The predicted octanol–water partition coefficient (Wildman–Crippen LogP) is 2.72. The monoisotopic (exact) mass is 235 g/mol. The highest BCUT2D eigenvalue weighted by Crippen LogP contribution is 2.20. The smallest absolute Gasteiger partial charge is 0.217 e. The van der Waals surface area contributed by atoms with Gasteiger partial charge in [0, 0.05) is 11.3 Å². The van der Waals surface area contributed by atoms with Gasteiger partial charge < -0.3 is 0 Å². The van der Waals surface area contributed by atoms with Crippen LogP contribution in [0.25, 0.3) is 0 Å². The minimum atomic E-state index is -0.606. The highest BCUT2D eigenvalue weighted by Gasteiger charge is 2.24. The zero-order valence-electron chi connectivity index (χ0n) is 10.2. The minimum absolute atomic E-state index is 0.0481. The van der Waals surface area contributed by atoms with Crippen LogP contribution < -0.4 is 0 Å². The first-order valence-corrected chi connectivity index (χ1v) is 5.75. The number of ketones is 1. The van der Waals surface area contributed by atoms with Gasteiger partial charge in [-0.25, -0.2) is 0 Å². The third kappa shape index (κ3) is 3.98. The summed E-state index contributed by atoms with van der Waals surface area (Å²) in [7, 11) is 0. The molecule has 0 saturated heterocycles. The van der Waals surface area contributed by atoms with Crippen LogP contribution in [0.4, 0.5) is 0 Å². The molecule has 1 aromatic rings. The zero-order valence-corrected chi connectivity index (χ0v) is 10.2. The molecule has 0 N–H and O–H groups in total. The van der Waals surface area contributed by atoms with Gasteiger partial charge in [0.1, 0.15) is 11.7 Å². The molecule has 4 heteroatoms. The van der Waals surface area contributed by atoms with Crippen LogP contribution >= 0.6 is 0 Å². The van der Waals surface area contributed by atoms with Crippen LogP contribution in [0.2, 0.25) is 0 Å². The molecule has 1 aromatic carbocycles. The summed E-state index contributed by atoms with van der Waals surface area (Å²) in [4.78, 5) is 22.1. The number of carbonyl (C=O) groups excluding carboxylic acids is 1. The number of hydrogen-bond donors (Lipinski definition) is 0. The van der Waals surface area contributed by atoms with Crippen molar-refractivity contribution in [3.8, 4) is 0 Å². The average molecular weight is 235 g/mol. The predicted molar refractivity (Wildman–Crippen MR) is 65.7 cm³/mol. The minimum Gasteiger partial charge on any atom is -0.299 e. The van der Waals surface area contributed by atoms with E-state index in [4.69, 9.17) is 0 Å². The lowest BCUT2D eigenvalue weighted by atomic mass is 9.92. The number of benzene rings is 1. The third-order valence-electron chi connectivity index (χ3n) is 2.70. The van der Waals surface area contributed by atoms with Crippen LogP contribution in [0.3, 0.4) is 0 Å². The van der Waals surface area contributed by atoms with Gasteiger partial charge in [-0.15, -0.1) is 0 Å². The fourth-order valence-corrected chi connectivity index (χ4v) is 1.76. The molecule has 17 heavy (non-hydrogen) atoms. The van der Waals surface area contributed by atoms with Gasteiger partial charge in [0.25, 0.3) is 0 Å². The zero-order chi connectivity index (χ0) is 12.8. The Labute approximate surface area is 101 Å². The molecule has 0 amide bonds. The molecule has 0 radical (unpaired) electrons. The van der Waals surface area contributed by atoms with Gasteiger partial charge in [-0.05, 0) is 18.9 Å². The Morgan fingerprint density at radius 2 is 1.94 bits per heavy atom. The Balaban J connectivity index is 2.92. The fraction of sp³-hybridized carbons (Fsp3) is 0.462. The Kier molecular flexibility index (Phi) is 4.82. The number of rotatable bonds is 6. The second-order valence-electron chi connectivity index (χ2n) is 4.19. The Hall–Kier alpha value is -1.71. The molecule has 0 heterocycles. The number of nitro groups is 1. The lowest BCUT2D eigenvalue weighted by Gasteiger charge is -2.12. The van der Waals surface area contributed by atoms with E-state index in [2.05, 4.69) is 0 Å². The van der Waals surface area contributed by atoms with Gasteiger partial charge in [-0.3, -0.25) is 14.9 Å². The molecule has 4 nitrogen and oxygen atoms in total. The summed E-state index contributed by atoms with van der Waals surface area (Å²) < 4.78 is 0. The second-order valence-corrected chi connectivity index (χ2v) is 4.19. The summed E-state index contributed by atoms with van der Waals surface area (Å²) in [6.45, 7) is 3.53. The molecule has 0 spiro atoms. The van der Waals surface area contributed by atoms with Crippen LogP contribution in [0.5, 0.6) is 0 Å². The Morgan fingerprint density at radius 3 is 2.41 bits per heavy atom. The normalized spacial score (nSPS) is 12.1.